The first-order valence-electron chi connectivity index (χ1n) is 6.58. The van der Waals surface area contributed by atoms with Crippen LogP contribution in [0.4, 0.5) is 0 Å². The molecule has 5 heteroatoms. The molecule has 0 bridgehead atoms. The average Bonchev–Trinajstić information content (AvgIpc) is 3.06. The average molecular weight is 284 g/mol. The first-order chi connectivity index (χ1) is 9.22. The Morgan fingerprint density at radius 2 is 2.11 bits per heavy atom. The summed E-state index contributed by atoms with van der Waals surface area (Å²) in [6.07, 6.45) is 4.41. The van der Waals surface area contributed by atoms with E-state index in [2.05, 4.69) is 0 Å². The summed E-state index contributed by atoms with van der Waals surface area (Å²) in [7, 11) is 1.63. The van der Waals surface area contributed by atoms with E-state index in [-0.39, 0.29) is 12.2 Å². The summed E-state index contributed by atoms with van der Waals surface area (Å²) >= 11 is 6.31. The van der Waals surface area contributed by atoms with E-state index in [4.69, 9.17) is 31.5 Å². The summed E-state index contributed by atoms with van der Waals surface area (Å²) in [6, 6.07) is 1.76. The van der Waals surface area contributed by atoms with Crippen LogP contribution in [0.15, 0.2) is 6.07 Å². The summed E-state index contributed by atoms with van der Waals surface area (Å²) < 4.78 is 16.6. The number of hydrogen-bond donors (Lipinski definition) is 1. The molecule has 0 radical (unpaired) electrons. The van der Waals surface area contributed by atoms with Gasteiger partial charge in [-0.25, -0.2) is 0 Å². The molecular weight excluding hydrogens is 266 g/mol. The van der Waals surface area contributed by atoms with E-state index >= 15 is 0 Å². The minimum Gasteiger partial charge on any atom is -0.495 e. The summed E-state index contributed by atoms with van der Waals surface area (Å²) in [5.74, 6) is 2.13. The Hall–Kier alpha value is -1.13. The van der Waals surface area contributed by atoms with Crippen molar-refractivity contribution in [2.75, 3.05) is 20.4 Å². The summed E-state index contributed by atoms with van der Waals surface area (Å²) in [4.78, 5) is 0. The lowest BCUT2D eigenvalue weighted by Gasteiger charge is -2.30. The highest BCUT2D eigenvalue weighted by Crippen LogP contribution is 2.54. The molecule has 1 fully saturated rings. The fraction of sp³-hybridized carbons (Fsp3) is 0.571. The van der Waals surface area contributed by atoms with Gasteiger partial charge < -0.3 is 19.9 Å². The van der Waals surface area contributed by atoms with E-state index < -0.39 is 0 Å². The SMILES string of the molecule is COc1c(Cl)cc2c(c1C1(CN)CCCC1)OCO2. The zero-order valence-electron chi connectivity index (χ0n) is 11.0. The Bertz CT molecular complexity index is 494. The topological polar surface area (TPSA) is 53.7 Å². The fourth-order valence-corrected chi connectivity index (χ4v) is 3.55. The maximum atomic E-state index is 6.31. The lowest BCUT2D eigenvalue weighted by molar-refractivity contribution is 0.171. The van der Waals surface area contributed by atoms with Crippen LogP contribution in [-0.4, -0.2) is 20.4 Å². The van der Waals surface area contributed by atoms with Crippen molar-refractivity contribution in [2.45, 2.75) is 31.1 Å². The molecule has 1 heterocycles. The maximum absolute atomic E-state index is 6.31. The molecule has 2 N–H and O–H groups in total. The molecule has 0 saturated heterocycles. The van der Waals surface area contributed by atoms with Crippen molar-refractivity contribution in [3.8, 4) is 17.2 Å². The Balaban J connectivity index is 2.23. The van der Waals surface area contributed by atoms with Crippen LogP contribution in [0.1, 0.15) is 31.2 Å². The molecule has 0 atom stereocenters. The van der Waals surface area contributed by atoms with Gasteiger partial charge in [-0.3, -0.25) is 0 Å². The van der Waals surface area contributed by atoms with Crippen molar-refractivity contribution in [3.05, 3.63) is 16.7 Å². The van der Waals surface area contributed by atoms with Crippen LogP contribution in [-0.2, 0) is 5.41 Å². The number of rotatable bonds is 3. The van der Waals surface area contributed by atoms with Crippen molar-refractivity contribution >= 4 is 11.6 Å². The van der Waals surface area contributed by atoms with Crippen LogP contribution in [0.5, 0.6) is 17.2 Å². The van der Waals surface area contributed by atoms with E-state index in [1.165, 1.54) is 12.8 Å². The van der Waals surface area contributed by atoms with Gasteiger partial charge in [0, 0.05) is 23.6 Å². The van der Waals surface area contributed by atoms with Crippen molar-refractivity contribution < 1.29 is 14.2 Å². The van der Waals surface area contributed by atoms with Crippen molar-refractivity contribution in [3.63, 3.8) is 0 Å². The predicted octanol–water partition coefficient (Wildman–Crippen LogP) is 2.85. The van der Waals surface area contributed by atoms with E-state index in [0.29, 0.717) is 23.1 Å². The molecule has 1 aliphatic carbocycles. The number of halogens is 1. The second-order valence-corrected chi connectivity index (χ2v) is 5.60. The highest BCUT2D eigenvalue weighted by atomic mass is 35.5. The molecule has 3 rings (SSSR count). The molecule has 4 nitrogen and oxygen atoms in total. The Kier molecular flexibility index (Phi) is 3.23. The summed E-state index contributed by atoms with van der Waals surface area (Å²) in [5, 5.41) is 0.557. The number of benzene rings is 1. The molecule has 0 unspecified atom stereocenters. The number of hydrogen-bond acceptors (Lipinski definition) is 4. The van der Waals surface area contributed by atoms with Gasteiger partial charge in [0.1, 0.15) is 5.75 Å². The number of nitrogens with two attached hydrogens (primary N) is 1. The molecule has 1 saturated carbocycles. The largest absolute Gasteiger partial charge is 0.495 e. The lowest BCUT2D eigenvalue weighted by atomic mass is 9.77. The van der Waals surface area contributed by atoms with Gasteiger partial charge in [0.25, 0.3) is 0 Å². The first-order valence-corrected chi connectivity index (χ1v) is 6.96. The van der Waals surface area contributed by atoms with E-state index in [1.807, 2.05) is 0 Å². The third-order valence-corrected chi connectivity index (χ3v) is 4.54. The molecule has 19 heavy (non-hydrogen) atoms. The zero-order chi connectivity index (χ0) is 13.5. The van der Waals surface area contributed by atoms with Crippen LogP contribution in [0.25, 0.3) is 0 Å². The molecule has 0 spiro atoms. The van der Waals surface area contributed by atoms with Crippen LogP contribution < -0.4 is 19.9 Å². The second kappa shape index (κ2) is 4.76. The van der Waals surface area contributed by atoms with E-state index in [1.54, 1.807) is 13.2 Å². The van der Waals surface area contributed by atoms with Crippen molar-refractivity contribution in [1.82, 2.24) is 0 Å². The molecule has 1 aromatic carbocycles. The standard InChI is InChI=1S/C14H18ClNO3/c1-17-12-9(15)6-10-13(19-8-18-10)11(12)14(7-16)4-2-3-5-14/h6H,2-5,7-8,16H2,1H3. The number of fused-ring (bicyclic) bond motifs is 1. The highest BCUT2D eigenvalue weighted by Gasteiger charge is 2.42. The van der Waals surface area contributed by atoms with Gasteiger partial charge in [0.2, 0.25) is 6.79 Å². The third-order valence-electron chi connectivity index (χ3n) is 4.26. The van der Waals surface area contributed by atoms with Crippen LogP contribution in [0.3, 0.4) is 0 Å². The quantitative estimate of drug-likeness (QED) is 0.927. The van der Waals surface area contributed by atoms with Gasteiger partial charge in [0.05, 0.1) is 12.1 Å². The molecule has 0 aromatic heterocycles. The van der Waals surface area contributed by atoms with Gasteiger partial charge in [-0.1, -0.05) is 24.4 Å². The third kappa shape index (κ3) is 1.85. The normalized spacial score (nSPS) is 19.7. The van der Waals surface area contributed by atoms with Gasteiger partial charge in [-0.15, -0.1) is 0 Å². The van der Waals surface area contributed by atoms with Crippen molar-refractivity contribution in [1.29, 1.82) is 0 Å². The second-order valence-electron chi connectivity index (χ2n) is 5.19. The summed E-state index contributed by atoms with van der Waals surface area (Å²) in [5.41, 5.74) is 6.97. The summed E-state index contributed by atoms with van der Waals surface area (Å²) in [6.45, 7) is 0.798. The smallest absolute Gasteiger partial charge is 0.231 e. The van der Waals surface area contributed by atoms with Crippen LogP contribution >= 0.6 is 11.6 Å². The van der Waals surface area contributed by atoms with Gasteiger partial charge in [-0.2, -0.15) is 0 Å². The minimum atomic E-state index is -0.103. The highest BCUT2D eigenvalue weighted by molar-refractivity contribution is 6.32. The fourth-order valence-electron chi connectivity index (χ4n) is 3.28. The molecule has 1 aromatic rings. The first kappa shape index (κ1) is 12.9. The molecule has 0 amide bonds. The molecular formula is C14H18ClNO3. The van der Waals surface area contributed by atoms with Crippen molar-refractivity contribution in [2.24, 2.45) is 5.73 Å². The molecule has 1 aliphatic heterocycles. The predicted molar refractivity (Wildman–Crippen MR) is 73.3 cm³/mol. The van der Waals surface area contributed by atoms with Crippen LogP contribution in [0.2, 0.25) is 5.02 Å². The Labute approximate surface area is 117 Å². The molecule has 2 aliphatic rings. The Morgan fingerprint density at radius 1 is 1.37 bits per heavy atom. The number of methoxy groups -OCH3 is 1. The van der Waals surface area contributed by atoms with Gasteiger partial charge in [0.15, 0.2) is 11.5 Å². The monoisotopic (exact) mass is 283 g/mol. The van der Waals surface area contributed by atoms with Gasteiger partial charge in [-0.05, 0) is 12.8 Å². The zero-order valence-corrected chi connectivity index (χ0v) is 11.8. The van der Waals surface area contributed by atoms with E-state index in [0.717, 1.165) is 24.2 Å². The molecule has 104 valence electrons. The maximum Gasteiger partial charge on any atom is 0.231 e. The number of ether oxygens (including phenoxy) is 3. The minimum absolute atomic E-state index is 0.103. The van der Waals surface area contributed by atoms with Crippen LogP contribution in [0, 0.1) is 0 Å². The van der Waals surface area contributed by atoms with E-state index in [9.17, 15) is 0 Å². The Morgan fingerprint density at radius 3 is 2.74 bits per heavy atom. The van der Waals surface area contributed by atoms with Gasteiger partial charge >= 0.3 is 0 Å². The lowest BCUT2D eigenvalue weighted by Crippen LogP contribution is -2.32.